The van der Waals surface area contributed by atoms with Gasteiger partial charge in [-0.1, -0.05) is 11.6 Å². The summed E-state index contributed by atoms with van der Waals surface area (Å²) in [7, 11) is -4.94. The second-order valence-corrected chi connectivity index (χ2v) is 7.49. The van der Waals surface area contributed by atoms with Crippen LogP contribution in [0.1, 0.15) is 6.92 Å². The van der Waals surface area contributed by atoms with Crippen molar-refractivity contribution >= 4 is 33.3 Å². The minimum Gasteiger partial charge on any atom is -0.465 e. The van der Waals surface area contributed by atoms with Crippen LogP contribution in [0, 0.1) is 29.1 Å². The fourth-order valence-electron chi connectivity index (χ4n) is 2.15. The number of nitrogens with zero attached hydrogens (tertiary/aromatic N) is 1. The SMILES string of the molecule is CCOC(=O)CN(c1c(F)c(F)c(F)c(F)c1F)S(=O)(=O)c1ccc(Cl)cc1. The maximum absolute atomic E-state index is 14.2. The van der Waals surface area contributed by atoms with Crippen LogP contribution in [-0.4, -0.2) is 27.5 Å². The van der Waals surface area contributed by atoms with E-state index in [0.29, 0.717) is 0 Å². The van der Waals surface area contributed by atoms with Crippen LogP contribution in [0.5, 0.6) is 0 Å². The number of carbonyl (C=O) groups excluding carboxylic acids is 1. The van der Waals surface area contributed by atoms with E-state index < -0.39 is 62.2 Å². The molecule has 0 aliphatic rings. The minimum absolute atomic E-state index is 0.118. The molecule has 2 aromatic rings. The van der Waals surface area contributed by atoms with Gasteiger partial charge in [0.25, 0.3) is 10.0 Å². The standard InChI is InChI=1S/C16H11ClF5NO4S/c1-2-27-10(24)7-23(28(25,26)9-5-3-8(17)4-6-9)16-14(21)12(19)11(18)13(20)15(16)22/h3-6H,2,7H2,1H3. The van der Waals surface area contributed by atoms with E-state index in [9.17, 15) is 35.2 Å². The Morgan fingerprint density at radius 3 is 1.89 bits per heavy atom. The highest BCUT2D eigenvalue weighted by Gasteiger charge is 2.36. The van der Waals surface area contributed by atoms with Crippen LogP contribution >= 0.6 is 11.6 Å². The molecule has 0 saturated carbocycles. The van der Waals surface area contributed by atoms with Gasteiger partial charge in [-0.05, 0) is 31.2 Å². The summed E-state index contributed by atoms with van der Waals surface area (Å²) in [6.07, 6.45) is 0. The van der Waals surface area contributed by atoms with Crippen molar-refractivity contribution in [1.82, 2.24) is 0 Å². The maximum Gasteiger partial charge on any atom is 0.326 e. The van der Waals surface area contributed by atoms with E-state index in [1.54, 1.807) is 0 Å². The molecule has 0 spiro atoms. The first-order valence-electron chi connectivity index (χ1n) is 7.47. The molecule has 28 heavy (non-hydrogen) atoms. The molecule has 2 rings (SSSR count). The van der Waals surface area contributed by atoms with Gasteiger partial charge < -0.3 is 4.74 Å². The highest BCUT2D eigenvalue weighted by atomic mass is 35.5. The fraction of sp³-hybridized carbons (Fsp3) is 0.188. The lowest BCUT2D eigenvalue weighted by Gasteiger charge is -2.24. The highest BCUT2D eigenvalue weighted by molar-refractivity contribution is 7.92. The summed E-state index contributed by atoms with van der Waals surface area (Å²) in [4.78, 5) is 11.2. The van der Waals surface area contributed by atoms with E-state index in [1.807, 2.05) is 0 Å². The number of hydrogen-bond donors (Lipinski definition) is 0. The number of rotatable bonds is 6. The summed E-state index contributed by atoms with van der Waals surface area (Å²) in [5, 5.41) is 0.118. The van der Waals surface area contributed by atoms with Crippen LogP contribution in [0.15, 0.2) is 29.2 Å². The molecule has 5 nitrogen and oxygen atoms in total. The van der Waals surface area contributed by atoms with Crippen molar-refractivity contribution in [2.24, 2.45) is 0 Å². The molecular weight excluding hydrogens is 433 g/mol. The van der Waals surface area contributed by atoms with Crippen molar-refractivity contribution in [1.29, 1.82) is 0 Å². The Bertz CT molecular complexity index is 986. The summed E-state index contributed by atoms with van der Waals surface area (Å²) in [5.74, 6) is -13.3. The summed E-state index contributed by atoms with van der Waals surface area (Å²) >= 11 is 5.65. The van der Waals surface area contributed by atoms with Crippen molar-refractivity contribution in [3.63, 3.8) is 0 Å². The first-order valence-corrected chi connectivity index (χ1v) is 9.29. The van der Waals surface area contributed by atoms with E-state index >= 15 is 0 Å². The molecule has 0 aliphatic carbocycles. The largest absolute Gasteiger partial charge is 0.465 e. The average molecular weight is 444 g/mol. The van der Waals surface area contributed by atoms with Gasteiger partial charge in [-0.2, -0.15) is 0 Å². The Morgan fingerprint density at radius 1 is 0.964 bits per heavy atom. The summed E-state index contributed by atoms with van der Waals surface area (Å²) in [6, 6.07) is 4.11. The van der Waals surface area contributed by atoms with Crippen LogP contribution < -0.4 is 4.31 Å². The molecule has 0 unspecified atom stereocenters. The van der Waals surface area contributed by atoms with Gasteiger partial charge in [-0.3, -0.25) is 4.79 Å². The zero-order valence-electron chi connectivity index (χ0n) is 14.0. The van der Waals surface area contributed by atoms with Crippen LogP contribution in [0.3, 0.4) is 0 Å². The Hall–Kier alpha value is -2.40. The molecule has 0 radical (unpaired) electrons. The van der Waals surface area contributed by atoms with Crippen LogP contribution in [-0.2, 0) is 19.6 Å². The first kappa shape index (κ1) is 21.9. The lowest BCUT2D eigenvalue weighted by Crippen LogP contribution is -2.38. The zero-order chi connectivity index (χ0) is 21.2. The Kier molecular flexibility index (Phi) is 6.50. The fourth-order valence-corrected chi connectivity index (χ4v) is 3.69. The Morgan fingerprint density at radius 2 is 1.43 bits per heavy atom. The molecule has 0 saturated heterocycles. The maximum atomic E-state index is 14.2. The molecule has 0 fully saturated rings. The third-order valence-electron chi connectivity index (χ3n) is 3.42. The molecule has 0 heterocycles. The van der Waals surface area contributed by atoms with Crippen molar-refractivity contribution in [3.05, 3.63) is 58.4 Å². The van der Waals surface area contributed by atoms with Crippen LogP contribution in [0.4, 0.5) is 27.6 Å². The predicted molar refractivity (Wildman–Crippen MR) is 88.8 cm³/mol. The van der Waals surface area contributed by atoms with Gasteiger partial charge in [-0.15, -0.1) is 0 Å². The zero-order valence-corrected chi connectivity index (χ0v) is 15.6. The smallest absolute Gasteiger partial charge is 0.326 e. The van der Waals surface area contributed by atoms with Crippen LogP contribution in [0.2, 0.25) is 5.02 Å². The van der Waals surface area contributed by atoms with E-state index in [-0.39, 0.29) is 15.9 Å². The van der Waals surface area contributed by atoms with Gasteiger partial charge in [0.2, 0.25) is 5.82 Å². The molecule has 0 atom stereocenters. The number of carbonyl (C=O) groups is 1. The van der Waals surface area contributed by atoms with E-state index in [0.717, 1.165) is 24.3 Å². The van der Waals surface area contributed by atoms with Gasteiger partial charge in [0.1, 0.15) is 12.2 Å². The third-order valence-corrected chi connectivity index (χ3v) is 5.43. The highest BCUT2D eigenvalue weighted by Crippen LogP contribution is 2.33. The van der Waals surface area contributed by atoms with E-state index in [4.69, 9.17) is 11.6 Å². The van der Waals surface area contributed by atoms with E-state index in [2.05, 4.69) is 4.74 Å². The second-order valence-electron chi connectivity index (χ2n) is 5.19. The molecule has 12 heteroatoms. The summed E-state index contributed by atoms with van der Waals surface area (Å²) in [5.41, 5.74) is -1.81. The molecule has 152 valence electrons. The minimum atomic E-state index is -4.94. The normalized spacial score (nSPS) is 11.4. The molecular formula is C16H11ClF5NO4S. The van der Waals surface area contributed by atoms with Gasteiger partial charge in [-0.25, -0.2) is 34.7 Å². The monoisotopic (exact) mass is 443 g/mol. The van der Waals surface area contributed by atoms with Crippen molar-refractivity contribution in [3.8, 4) is 0 Å². The van der Waals surface area contributed by atoms with Crippen molar-refractivity contribution in [2.45, 2.75) is 11.8 Å². The molecule has 0 N–H and O–H groups in total. The van der Waals surface area contributed by atoms with Gasteiger partial charge in [0.05, 0.1) is 11.5 Å². The van der Waals surface area contributed by atoms with Gasteiger partial charge in [0.15, 0.2) is 23.3 Å². The molecule has 0 aliphatic heterocycles. The average Bonchev–Trinajstić information content (AvgIpc) is 2.64. The third kappa shape index (κ3) is 4.04. The predicted octanol–water partition coefficient (Wildman–Crippen LogP) is 3.79. The lowest BCUT2D eigenvalue weighted by molar-refractivity contribution is -0.141. The number of anilines is 1. The van der Waals surface area contributed by atoms with E-state index in [1.165, 1.54) is 6.92 Å². The molecule has 0 bridgehead atoms. The summed E-state index contributed by atoms with van der Waals surface area (Å²) < 4.78 is 98.7. The number of sulfonamides is 1. The quantitative estimate of drug-likeness (QED) is 0.295. The molecule has 0 amide bonds. The Labute approximate surface area is 161 Å². The second kappa shape index (κ2) is 8.31. The first-order chi connectivity index (χ1) is 13.0. The molecule has 0 aromatic heterocycles. The number of hydrogen-bond acceptors (Lipinski definition) is 4. The number of esters is 1. The van der Waals surface area contributed by atoms with Crippen LogP contribution in [0.25, 0.3) is 0 Å². The van der Waals surface area contributed by atoms with Gasteiger partial charge >= 0.3 is 5.97 Å². The number of ether oxygens (including phenoxy) is 1. The Balaban J connectivity index is 2.74. The topological polar surface area (TPSA) is 63.7 Å². The van der Waals surface area contributed by atoms with Crippen molar-refractivity contribution in [2.75, 3.05) is 17.5 Å². The van der Waals surface area contributed by atoms with Gasteiger partial charge in [0, 0.05) is 5.02 Å². The van der Waals surface area contributed by atoms with Crippen molar-refractivity contribution < 1.29 is 39.9 Å². The number of halogens is 6. The molecule has 2 aromatic carbocycles. The summed E-state index contributed by atoms with van der Waals surface area (Å²) in [6.45, 7) is -0.184. The number of benzene rings is 2. The lowest BCUT2D eigenvalue weighted by atomic mass is 10.2.